The molecule has 3 atom stereocenters. The molecule has 0 bridgehead atoms. The molecule has 1 aromatic carbocycles. The standard InChI is InChI=1S/C20H26N4O/c1-3-13(2)20(23)24-12-14(8-11-19(24)22)25-18-10-9-17(21)15-6-4-5-7-16(15)18/h4-8,11-13,17-18,22-23H,3,9-10,21H2,1-2H3. The Labute approximate surface area is 148 Å². The summed E-state index contributed by atoms with van der Waals surface area (Å²) in [7, 11) is 0. The number of nitrogens with one attached hydrogen (secondary N) is 2. The lowest BCUT2D eigenvalue weighted by Gasteiger charge is -2.30. The Morgan fingerprint density at radius 2 is 1.96 bits per heavy atom. The van der Waals surface area contributed by atoms with Gasteiger partial charge in [0.25, 0.3) is 0 Å². The summed E-state index contributed by atoms with van der Waals surface area (Å²) < 4.78 is 7.83. The van der Waals surface area contributed by atoms with Crippen LogP contribution in [0.3, 0.4) is 0 Å². The Balaban J connectivity index is 1.88. The van der Waals surface area contributed by atoms with Crippen LogP contribution in [0.15, 0.2) is 42.6 Å². The largest absolute Gasteiger partial charge is 0.484 e. The van der Waals surface area contributed by atoms with E-state index in [9.17, 15) is 0 Å². The first kappa shape index (κ1) is 17.4. The molecule has 1 aromatic heterocycles. The zero-order valence-electron chi connectivity index (χ0n) is 14.8. The average molecular weight is 338 g/mol. The Hall–Kier alpha value is -2.40. The molecule has 132 valence electrons. The molecule has 3 rings (SSSR count). The molecule has 2 aromatic rings. The summed E-state index contributed by atoms with van der Waals surface area (Å²) >= 11 is 0. The highest BCUT2D eigenvalue weighted by Gasteiger charge is 2.26. The van der Waals surface area contributed by atoms with Gasteiger partial charge in [-0.25, -0.2) is 0 Å². The van der Waals surface area contributed by atoms with Gasteiger partial charge in [0.15, 0.2) is 0 Å². The Bertz CT molecular complexity index is 826. The molecular weight excluding hydrogens is 312 g/mol. The average Bonchev–Trinajstić information content (AvgIpc) is 2.64. The summed E-state index contributed by atoms with van der Waals surface area (Å²) in [6.45, 7) is 4.05. The second-order valence-corrected chi connectivity index (χ2v) is 6.73. The molecular formula is C20H26N4O. The van der Waals surface area contributed by atoms with Crippen molar-refractivity contribution in [2.75, 3.05) is 0 Å². The molecule has 3 unspecified atom stereocenters. The second-order valence-electron chi connectivity index (χ2n) is 6.73. The number of fused-ring (bicyclic) bond motifs is 1. The normalized spacial score (nSPS) is 20.6. The lowest BCUT2D eigenvalue weighted by molar-refractivity contribution is 0.176. The van der Waals surface area contributed by atoms with Crippen molar-refractivity contribution in [1.29, 1.82) is 10.8 Å². The summed E-state index contributed by atoms with van der Waals surface area (Å²) in [5.74, 6) is 1.20. The zero-order valence-corrected chi connectivity index (χ0v) is 14.8. The summed E-state index contributed by atoms with van der Waals surface area (Å²) in [4.78, 5) is 0. The first-order valence-electron chi connectivity index (χ1n) is 8.88. The minimum absolute atomic E-state index is 0.0428. The molecule has 0 fully saturated rings. The Kier molecular flexibility index (Phi) is 5.04. The van der Waals surface area contributed by atoms with E-state index in [1.165, 1.54) is 0 Å². The fourth-order valence-electron chi connectivity index (χ4n) is 3.25. The highest BCUT2D eigenvalue weighted by atomic mass is 16.5. The molecule has 0 spiro atoms. The van der Waals surface area contributed by atoms with Gasteiger partial charge in [0.05, 0.1) is 6.20 Å². The van der Waals surface area contributed by atoms with E-state index in [2.05, 4.69) is 12.1 Å². The summed E-state index contributed by atoms with van der Waals surface area (Å²) in [6.07, 6.45) is 4.33. The van der Waals surface area contributed by atoms with Crippen LogP contribution in [0, 0.1) is 16.7 Å². The highest BCUT2D eigenvalue weighted by Crippen LogP contribution is 2.37. The molecule has 0 aliphatic heterocycles. The van der Waals surface area contributed by atoms with Crippen molar-refractivity contribution in [1.82, 2.24) is 4.57 Å². The first-order chi connectivity index (χ1) is 12.0. The maximum absolute atomic E-state index is 8.31. The van der Waals surface area contributed by atoms with Gasteiger partial charge in [-0.3, -0.25) is 15.4 Å². The van der Waals surface area contributed by atoms with Crippen LogP contribution in [0.25, 0.3) is 0 Å². The van der Waals surface area contributed by atoms with Crippen LogP contribution in [0.2, 0.25) is 0 Å². The third-order valence-electron chi connectivity index (χ3n) is 5.02. The van der Waals surface area contributed by atoms with E-state index >= 15 is 0 Å². The number of pyridine rings is 1. The van der Waals surface area contributed by atoms with Crippen molar-refractivity contribution in [3.8, 4) is 5.75 Å². The van der Waals surface area contributed by atoms with Crippen LogP contribution in [0.4, 0.5) is 0 Å². The topological polar surface area (TPSA) is 87.9 Å². The molecule has 0 amide bonds. The van der Waals surface area contributed by atoms with Gasteiger partial charge < -0.3 is 10.5 Å². The number of ether oxygens (including phenoxy) is 1. The fourth-order valence-corrected chi connectivity index (χ4v) is 3.25. The van der Waals surface area contributed by atoms with Crippen molar-refractivity contribution < 1.29 is 4.74 Å². The lowest BCUT2D eigenvalue weighted by Crippen LogP contribution is -2.30. The van der Waals surface area contributed by atoms with Gasteiger partial charge in [-0.05, 0) is 42.5 Å². The maximum Gasteiger partial charge on any atom is 0.137 e. The molecule has 5 nitrogen and oxygen atoms in total. The van der Waals surface area contributed by atoms with E-state index in [0.29, 0.717) is 17.1 Å². The zero-order chi connectivity index (χ0) is 18.0. The molecule has 0 radical (unpaired) electrons. The van der Waals surface area contributed by atoms with Gasteiger partial charge in [-0.1, -0.05) is 38.1 Å². The number of benzene rings is 1. The lowest BCUT2D eigenvalue weighted by atomic mass is 9.86. The third-order valence-corrected chi connectivity index (χ3v) is 5.02. The van der Waals surface area contributed by atoms with Crippen LogP contribution in [-0.2, 0) is 0 Å². The van der Waals surface area contributed by atoms with Crippen LogP contribution in [0.1, 0.15) is 56.4 Å². The predicted octanol–water partition coefficient (Wildman–Crippen LogP) is 3.75. The number of hydrogen-bond donors (Lipinski definition) is 3. The number of aromatic nitrogens is 1. The van der Waals surface area contributed by atoms with Crippen LogP contribution in [0.5, 0.6) is 5.75 Å². The van der Waals surface area contributed by atoms with Crippen LogP contribution in [-0.4, -0.2) is 10.4 Å². The fraction of sp³-hybridized carbons (Fsp3) is 0.400. The van der Waals surface area contributed by atoms with Crippen molar-refractivity contribution in [2.24, 2.45) is 11.7 Å². The number of nitrogens with two attached hydrogens (primary N) is 1. The van der Waals surface area contributed by atoms with Crippen molar-refractivity contribution >= 4 is 5.84 Å². The highest BCUT2D eigenvalue weighted by molar-refractivity contribution is 5.83. The SMILES string of the molecule is CCC(C)C(=N)n1cc(OC2CCC(N)c3ccccc32)ccc1=N. The molecule has 5 heteroatoms. The number of hydrogen-bond acceptors (Lipinski definition) is 4. The van der Waals surface area contributed by atoms with Crippen LogP contribution >= 0.6 is 0 Å². The van der Waals surface area contributed by atoms with E-state index in [0.717, 1.165) is 30.4 Å². The van der Waals surface area contributed by atoms with Gasteiger partial charge in [-0.2, -0.15) is 0 Å². The van der Waals surface area contributed by atoms with Crippen molar-refractivity contribution in [2.45, 2.75) is 45.3 Å². The van der Waals surface area contributed by atoms with Crippen molar-refractivity contribution in [3.05, 3.63) is 59.2 Å². The van der Waals surface area contributed by atoms with E-state index < -0.39 is 0 Å². The third kappa shape index (κ3) is 3.51. The van der Waals surface area contributed by atoms with Gasteiger partial charge >= 0.3 is 0 Å². The summed E-state index contributed by atoms with van der Waals surface area (Å²) in [5.41, 5.74) is 8.80. The summed E-state index contributed by atoms with van der Waals surface area (Å²) in [5, 5.41) is 16.4. The van der Waals surface area contributed by atoms with E-state index in [-0.39, 0.29) is 18.1 Å². The van der Waals surface area contributed by atoms with E-state index in [4.69, 9.17) is 21.3 Å². The molecule has 1 heterocycles. The van der Waals surface area contributed by atoms with Gasteiger partial charge in [-0.15, -0.1) is 0 Å². The van der Waals surface area contributed by atoms with Gasteiger partial charge in [0, 0.05) is 12.0 Å². The Morgan fingerprint density at radius 1 is 1.24 bits per heavy atom. The second kappa shape index (κ2) is 7.23. The minimum Gasteiger partial charge on any atom is -0.484 e. The molecule has 1 aliphatic carbocycles. The van der Waals surface area contributed by atoms with Crippen molar-refractivity contribution in [3.63, 3.8) is 0 Å². The van der Waals surface area contributed by atoms with Gasteiger partial charge in [0.2, 0.25) is 0 Å². The molecule has 0 saturated carbocycles. The first-order valence-corrected chi connectivity index (χ1v) is 8.88. The number of nitrogens with zero attached hydrogens (tertiary/aromatic N) is 1. The monoisotopic (exact) mass is 338 g/mol. The Morgan fingerprint density at radius 3 is 2.68 bits per heavy atom. The smallest absolute Gasteiger partial charge is 0.137 e. The molecule has 0 saturated heterocycles. The predicted molar refractivity (Wildman–Crippen MR) is 98.8 cm³/mol. The van der Waals surface area contributed by atoms with Gasteiger partial charge in [0.1, 0.15) is 23.2 Å². The molecule has 1 aliphatic rings. The molecule has 25 heavy (non-hydrogen) atoms. The number of rotatable bonds is 4. The quantitative estimate of drug-likeness (QED) is 0.585. The maximum atomic E-state index is 8.31. The van der Waals surface area contributed by atoms with E-state index in [1.54, 1.807) is 22.9 Å². The summed E-state index contributed by atoms with van der Waals surface area (Å²) in [6, 6.07) is 11.7. The van der Waals surface area contributed by atoms with Crippen LogP contribution < -0.4 is 16.0 Å². The minimum atomic E-state index is -0.0428. The molecule has 4 N–H and O–H groups in total. The van der Waals surface area contributed by atoms with E-state index in [1.807, 2.05) is 26.0 Å².